The fourth-order valence-electron chi connectivity index (χ4n) is 1.97. The first-order valence-electron chi connectivity index (χ1n) is 4.43. The SMILES string of the molecule is N[C@@H]1CCc2c(CO)cc(O)cc21. The Bertz CT molecular complexity index is 336. The van der Waals surface area contributed by atoms with E-state index in [0.717, 1.165) is 29.5 Å². The third-order valence-corrected chi connectivity index (χ3v) is 2.64. The van der Waals surface area contributed by atoms with Crippen molar-refractivity contribution in [2.24, 2.45) is 5.73 Å². The zero-order valence-electron chi connectivity index (χ0n) is 7.33. The molecular formula is C10H13NO2. The van der Waals surface area contributed by atoms with E-state index in [4.69, 9.17) is 10.8 Å². The van der Waals surface area contributed by atoms with E-state index < -0.39 is 0 Å². The number of fused-ring (bicyclic) bond motifs is 1. The fourth-order valence-corrected chi connectivity index (χ4v) is 1.97. The van der Waals surface area contributed by atoms with Gasteiger partial charge in [-0.05, 0) is 41.7 Å². The van der Waals surface area contributed by atoms with Gasteiger partial charge in [0.1, 0.15) is 5.75 Å². The average molecular weight is 179 g/mol. The third-order valence-electron chi connectivity index (χ3n) is 2.64. The molecule has 4 N–H and O–H groups in total. The predicted octanol–water partition coefficient (Wildman–Crippen LogP) is 0.831. The zero-order chi connectivity index (χ0) is 9.42. The van der Waals surface area contributed by atoms with Crippen molar-refractivity contribution in [3.63, 3.8) is 0 Å². The van der Waals surface area contributed by atoms with Gasteiger partial charge < -0.3 is 15.9 Å². The Hall–Kier alpha value is -1.06. The molecule has 70 valence electrons. The third kappa shape index (κ3) is 1.30. The van der Waals surface area contributed by atoms with Gasteiger partial charge in [0.15, 0.2) is 0 Å². The van der Waals surface area contributed by atoms with E-state index in [1.54, 1.807) is 12.1 Å². The van der Waals surface area contributed by atoms with Gasteiger partial charge in [-0.2, -0.15) is 0 Å². The molecule has 2 rings (SSSR count). The number of rotatable bonds is 1. The summed E-state index contributed by atoms with van der Waals surface area (Å²) < 4.78 is 0. The van der Waals surface area contributed by atoms with Crippen LogP contribution in [0.1, 0.15) is 29.2 Å². The minimum Gasteiger partial charge on any atom is -0.508 e. The summed E-state index contributed by atoms with van der Waals surface area (Å²) in [7, 11) is 0. The molecule has 0 spiro atoms. The smallest absolute Gasteiger partial charge is 0.116 e. The van der Waals surface area contributed by atoms with Gasteiger partial charge in [0, 0.05) is 6.04 Å². The van der Waals surface area contributed by atoms with E-state index in [2.05, 4.69) is 0 Å². The number of aliphatic hydroxyl groups excluding tert-OH is 1. The highest BCUT2D eigenvalue weighted by Gasteiger charge is 2.22. The summed E-state index contributed by atoms with van der Waals surface area (Å²) in [6, 6.07) is 3.33. The first-order valence-corrected chi connectivity index (χ1v) is 4.43. The van der Waals surface area contributed by atoms with Crippen molar-refractivity contribution in [3.05, 3.63) is 28.8 Å². The first kappa shape index (κ1) is 8.53. The Morgan fingerprint density at radius 1 is 1.46 bits per heavy atom. The van der Waals surface area contributed by atoms with E-state index >= 15 is 0 Å². The molecule has 1 aromatic carbocycles. The summed E-state index contributed by atoms with van der Waals surface area (Å²) in [5, 5.41) is 18.4. The average Bonchev–Trinajstić information content (AvgIpc) is 2.47. The molecule has 0 aromatic heterocycles. The summed E-state index contributed by atoms with van der Waals surface area (Å²) in [5.74, 6) is 0.195. The Morgan fingerprint density at radius 3 is 2.92 bits per heavy atom. The number of phenolic OH excluding ortho intramolecular Hbond substituents is 1. The number of benzene rings is 1. The second-order valence-corrected chi connectivity index (χ2v) is 3.48. The van der Waals surface area contributed by atoms with Crippen LogP contribution in [-0.4, -0.2) is 10.2 Å². The van der Waals surface area contributed by atoms with Gasteiger partial charge >= 0.3 is 0 Å². The molecule has 0 saturated heterocycles. The maximum absolute atomic E-state index is 9.36. The standard InChI is InChI=1S/C10H13NO2/c11-10-2-1-8-6(5-12)3-7(13)4-9(8)10/h3-4,10,12-13H,1-2,5,11H2/t10-/m1/s1. The van der Waals surface area contributed by atoms with E-state index in [9.17, 15) is 5.11 Å². The number of aliphatic hydroxyl groups is 1. The van der Waals surface area contributed by atoms with Crippen molar-refractivity contribution >= 4 is 0 Å². The molecule has 0 heterocycles. The van der Waals surface area contributed by atoms with Gasteiger partial charge in [0.05, 0.1) is 6.61 Å². The van der Waals surface area contributed by atoms with Crippen LogP contribution in [0.2, 0.25) is 0 Å². The maximum atomic E-state index is 9.36. The van der Waals surface area contributed by atoms with Crippen LogP contribution in [0.25, 0.3) is 0 Å². The van der Waals surface area contributed by atoms with E-state index in [1.165, 1.54) is 0 Å². The van der Waals surface area contributed by atoms with Crippen molar-refractivity contribution in [2.45, 2.75) is 25.5 Å². The minimum absolute atomic E-state index is 0.0207. The lowest BCUT2D eigenvalue weighted by molar-refractivity contribution is 0.280. The molecule has 0 fully saturated rings. The van der Waals surface area contributed by atoms with Crippen LogP contribution in [0.15, 0.2) is 12.1 Å². The van der Waals surface area contributed by atoms with Gasteiger partial charge in [0.2, 0.25) is 0 Å². The molecule has 0 unspecified atom stereocenters. The summed E-state index contributed by atoms with van der Waals surface area (Å²) in [4.78, 5) is 0. The summed E-state index contributed by atoms with van der Waals surface area (Å²) >= 11 is 0. The topological polar surface area (TPSA) is 66.5 Å². The summed E-state index contributed by atoms with van der Waals surface area (Å²) in [6.07, 6.45) is 1.82. The normalized spacial score (nSPS) is 20.3. The Kier molecular flexibility index (Phi) is 1.98. The highest BCUT2D eigenvalue weighted by molar-refractivity contribution is 5.45. The van der Waals surface area contributed by atoms with Gasteiger partial charge in [-0.15, -0.1) is 0 Å². The van der Waals surface area contributed by atoms with Crippen LogP contribution in [0, 0.1) is 0 Å². The lowest BCUT2D eigenvalue weighted by Crippen LogP contribution is -2.05. The van der Waals surface area contributed by atoms with Crippen LogP contribution in [0.5, 0.6) is 5.75 Å². The molecule has 1 aliphatic rings. The molecule has 1 aromatic rings. The Morgan fingerprint density at radius 2 is 2.23 bits per heavy atom. The van der Waals surface area contributed by atoms with Crippen LogP contribution in [0.4, 0.5) is 0 Å². The van der Waals surface area contributed by atoms with Gasteiger partial charge in [-0.3, -0.25) is 0 Å². The fraction of sp³-hybridized carbons (Fsp3) is 0.400. The molecule has 3 heteroatoms. The van der Waals surface area contributed by atoms with Crippen molar-refractivity contribution in [3.8, 4) is 5.75 Å². The van der Waals surface area contributed by atoms with Gasteiger partial charge in [-0.25, -0.2) is 0 Å². The molecule has 1 aliphatic carbocycles. The van der Waals surface area contributed by atoms with Crippen molar-refractivity contribution in [1.82, 2.24) is 0 Å². The molecule has 0 radical (unpaired) electrons. The van der Waals surface area contributed by atoms with Crippen molar-refractivity contribution in [2.75, 3.05) is 0 Å². The molecular weight excluding hydrogens is 166 g/mol. The highest BCUT2D eigenvalue weighted by Crippen LogP contribution is 2.34. The van der Waals surface area contributed by atoms with Crippen LogP contribution < -0.4 is 5.73 Å². The quantitative estimate of drug-likeness (QED) is 0.598. The number of hydrogen-bond acceptors (Lipinski definition) is 3. The molecule has 3 nitrogen and oxygen atoms in total. The number of hydrogen-bond donors (Lipinski definition) is 3. The summed E-state index contributed by atoms with van der Waals surface area (Å²) in [6.45, 7) is -0.0244. The van der Waals surface area contributed by atoms with Crippen LogP contribution in [-0.2, 0) is 13.0 Å². The van der Waals surface area contributed by atoms with Gasteiger partial charge in [-0.1, -0.05) is 0 Å². The highest BCUT2D eigenvalue weighted by atomic mass is 16.3. The lowest BCUT2D eigenvalue weighted by atomic mass is 10.0. The van der Waals surface area contributed by atoms with Crippen LogP contribution >= 0.6 is 0 Å². The van der Waals surface area contributed by atoms with Crippen molar-refractivity contribution in [1.29, 1.82) is 0 Å². The Balaban J connectivity index is 2.56. The molecule has 0 aliphatic heterocycles. The van der Waals surface area contributed by atoms with E-state index in [1.807, 2.05) is 0 Å². The largest absolute Gasteiger partial charge is 0.508 e. The molecule has 13 heavy (non-hydrogen) atoms. The second-order valence-electron chi connectivity index (χ2n) is 3.48. The van der Waals surface area contributed by atoms with Crippen LogP contribution in [0.3, 0.4) is 0 Å². The zero-order valence-corrected chi connectivity index (χ0v) is 7.33. The first-order chi connectivity index (χ1) is 6.22. The monoisotopic (exact) mass is 179 g/mol. The molecule has 0 saturated carbocycles. The molecule has 1 atom stereocenters. The number of nitrogens with two attached hydrogens (primary N) is 1. The van der Waals surface area contributed by atoms with Crippen molar-refractivity contribution < 1.29 is 10.2 Å². The molecule has 0 bridgehead atoms. The predicted molar refractivity (Wildman–Crippen MR) is 49.3 cm³/mol. The van der Waals surface area contributed by atoms with Gasteiger partial charge in [0.25, 0.3) is 0 Å². The second kappa shape index (κ2) is 3.01. The van der Waals surface area contributed by atoms with E-state index in [0.29, 0.717) is 0 Å². The number of aromatic hydroxyl groups is 1. The summed E-state index contributed by atoms with van der Waals surface area (Å²) in [5.41, 5.74) is 8.76. The minimum atomic E-state index is -0.0244. The maximum Gasteiger partial charge on any atom is 0.116 e. The number of phenols is 1. The molecule has 0 amide bonds. The Labute approximate surface area is 76.8 Å². The van der Waals surface area contributed by atoms with E-state index in [-0.39, 0.29) is 18.4 Å². The lowest BCUT2D eigenvalue weighted by Gasteiger charge is -2.08.